The van der Waals surface area contributed by atoms with Gasteiger partial charge in [0.05, 0.1) is 18.8 Å². The number of benzene rings is 1. The number of carbonyl (C=O) groups is 1. The van der Waals surface area contributed by atoms with Crippen LogP contribution in [0.15, 0.2) is 36.9 Å². The van der Waals surface area contributed by atoms with Crippen molar-refractivity contribution in [2.24, 2.45) is 0 Å². The van der Waals surface area contributed by atoms with Crippen LogP contribution in [-0.2, 0) is 4.79 Å². The van der Waals surface area contributed by atoms with Crippen LogP contribution < -0.4 is 9.64 Å². The maximum atomic E-state index is 12.5. The molecule has 1 amide bonds. The van der Waals surface area contributed by atoms with Gasteiger partial charge in [-0.05, 0) is 19.1 Å². The molecule has 0 aliphatic carbocycles. The van der Waals surface area contributed by atoms with E-state index in [9.17, 15) is 4.79 Å². The van der Waals surface area contributed by atoms with Crippen molar-refractivity contribution < 1.29 is 9.53 Å². The number of anilines is 1. The Bertz CT molecular complexity index is 473. The summed E-state index contributed by atoms with van der Waals surface area (Å²) in [5.74, 6) is 0.845. The molecule has 102 valence electrons. The average molecular weight is 260 g/mol. The molecule has 1 aliphatic heterocycles. The lowest BCUT2D eigenvalue weighted by Crippen LogP contribution is -2.56. The quantitative estimate of drug-likeness (QED) is 0.775. The lowest BCUT2D eigenvalue weighted by molar-refractivity contribution is -0.124. The highest BCUT2D eigenvalue weighted by atomic mass is 16.5. The number of ether oxygens (including phenoxy) is 1. The first-order valence-corrected chi connectivity index (χ1v) is 6.48. The summed E-state index contributed by atoms with van der Waals surface area (Å²) in [6.45, 7) is 7.94. The van der Waals surface area contributed by atoms with Crippen molar-refractivity contribution in [1.29, 1.82) is 0 Å². The SMILES string of the molecule is C=CCN1CCN(c2ccccc2OC)C(=O)C1C. The number of piperazine rings is 1. The van der Waals surface area contributed by atoms with E-state index in [1.807, 2.05) is 42.2 Å². The van der Waals surface area contributed by atoms with Crippen molar-refractivity contribution in [2.75, 3.05) is 31.6 Å². The summed E-state index contributed by atoms with van der Waals surface area (Å²) in [7, 11) is 1.63. The molecule has 0 aromatic heterocycles. The molecule has 0 saturated carbocycles. The van der Waals surface area contributed by atoms with Gasteiger partial charge in [0.25, 0.3) is 0 Å². The molecule has 0 N–H and O–H groups in total. The number of hydrogen-bond donors (Lipinski definition) is 0. The lowest BCUT2D eigenvalue weighted by atomic mass is 10.1. The van der Waals surface area contributed by atoms with E-state index < -0.39 is 0 Å². The third-order valence-corrected chi connectivity index (χ3v) is 3.52. The average Bonchev–Trinajstić information content (AvgIpc) is 2.44. The van der Waals surface area contributed by atoms with Crippen molar-refractivity contribution in [1.82, 2.24) is 4.90 Å². The van der Waals surface area contributed by atoms with Crippen LogP contribution in [0.1, 0.15) is 6.92 Å². The molecular formula is C15H20N2O2. The van der Waals surface area contributed by atoms with E-state index in [0.29, 0.717) is 6.54 Å². The first-order chi connectivity index (χ1) is 9.19. The monoisotopic (exact) mass is 260 g/mol. The maximum absolute atomic E-state index is 12.5. The van der Waals surface area contributed by atoms with E-state index in [-0.39, 0.29) is 11.9 Å². The molecule has 4 heteroatoms. The molecule has 1 aliphatic rings. The van der Waals surface area contributed by atoms with Crippen LogP contribution in [0.4, 0.5) is 5.69 Å². The van der Waals surface area contributed by atoms with Gasteiger partial charge in [-0.25, -0.2) is 0 Å². The molecule has 0 radical (unpaired) electrons. The van der Waals surface area contributed by atoms with Gasteiger partial charge >= 0.3 is 0 Å². The second-order valence-electron chi connectivity index (χ2n) is 4.62. The molecular weight excluding hydrogens is 240 g/mol. The highest BCUT2D eigenvalue weighted by Gasteiger charge is 2.32. The predicted octanol–water partition coefficient (Wildman–Crippen LogP) is 1.92. The summed E-state index contributed by atoms with van der Waals surface area (Å²) >= 11 is 0. The Balaban J connectivity index is 2.23. The third kappa shape index (κ3) is 2.63. The number of methoxy groups -OCH3 is 1. The van der Waals surface area contributed by atoms with Crippen molar-refractivity contribution in [3.8, 4) is 5.75 Å². The Hall–Kier alpha value is -1.81. The molecule has 1 aromatic rings. The van der Waals surface area contributed by atoms with Gasteiger partial charge in [0.1, 0.15) is 5.75 Å². The summed E-state index contributed by atoms with van der Waals surface area (Å²) in [5.41, 5.74) is 0.847. The van der Waals surface area contributed by atoms with Gasteiger partial charge in [-0.15, -0.1) is 6.58 Å². The van der Waals surface area contributed by atoms with Gasteiger partial charge in [-0.3, -0.25) is 9.69 Å². The standard InChI is InChI=1S/C15H20N2O2/c1-4-9-16-10-11-17(15(18)12(16)2)13-7-5-6-8-14(13)19-3/h4-8,12H,1,9-11H2,2-3H3. The zero-order valence-corrected chi connectivity index (χ0v) is 11.5. The summed E-state index contributed by atoms with van der Waals surface area (Å²) in [6.07, 6.45) is 1.84. The van der Waals surface area contributed by atoms with Crippen molar-refractivity contribution >= 4 is 11.6 Å². The first kappa shape index (κ1) is 13.6. The Morgan fingerprint density at radius 3 is 2.84 bits per heavy atom. The van der Waals surface area contributed by atoms with Crippen LogP contribution >= 0.6 is 0 Å². The predicted molar refractivity (Wildman–Crippen MR) is 76.6 cm³/mol. The number of rotatable bonds is 4. The fraction of sp³-hybridized carbons (Fsp3) is 0.400. The fourth-order valence-electron chi connectivity index (χ4n) is 2.42. The molecule has 1 unspecified atom stereocenters. The minimum absolute atomic E-state index is 0.109. The van der Waals surface area contributed by atoms with Crippen molar-refractivity contribution in [3.05, 3.63) is 36.9 Å². The van der Waals surface area contributed by atoms with Crippen LogP contribution in [0.25, 0.3) is 0 Å². The van der Waals surface area contributed by atoms with Gasteiger partial charge in [0, 0.05) is 19.6 Å². The molecule has 4 nitrogen and oxygen atoms in total. The highest BCUT2D eigenvalue weighted by Crippen LogP contribution is 2.29. The zero-order valence-electron chi connectivity index (χ0n) is 11.5. The number of carbonyl (C=O) groups excluding carboxylic acids is 1. The number of amides is 1. The van der Waals surface area contributed by atoms with Gasteiger partial charge in [0.15, 0.2) is 0 Å². The van der Waals surface area contributed by atoms with Crippen molar-refractivity contribution in [2.45, 2.75) is 13.0 Å². The Kier molecular flexibility index (Phi) is 4.22. The normalized spacial score (nSPS) is 20.4. The molecule has 19 heavy (non-hydrogen) atoms. The van der Waals surface area contributed by atoms with Crippen molar-refractivity contribution in [3.63, 3.8) is 0 Å². The van der Waals surface area contributed by atoms with Crippen LogP contribution in [-0.4, -0.2) is 43.6 Å². The largest absolute Gasteiger partial charge is 0.495 e. The number of hydrogen-bond acceptors (Lipinski definition) is 3. The first-order valence-electron chi connectivity index (χ1n) is 6.48. The molecule has 1 saturated heterocycles. The fourth-order valence-corrected chi connectivity index (χ4v) is 2.42. The van der Waals surface area contributed by atoms with Gasteiger partial charge in [0.2, 0.25) is 5.91 Å². The van der Waals surface area contributed by atoms with E-state index in [2.05, 4.69) is 11.5 Å². The lowest BCUT2D eigenvalue weighted by Gasteiger charge is -2.38. The van der Waals surface area contributed by atoms with Gasteiger partial charge < -0.3 is 9.64 Å². The number of para-hydroxylation sites is 2. The second-order valence-corrected chi connectivity index (χ2v) is 4.62. The van der Waals surface area contributed by atoms with Crippen LogP contribution in [0.3, 0.4) is 0 Å². The minimum atomic E-state index is -0.128. The zero-order chi connectivity index (χ0) is 13.8. The molecule has 0 spiro atoms. The summed E-state index contributed by atoms with van der Waals surface area (Å²) in [5, 5.41) is 0. The van der Waals surface area contributed by atoms with E-state index in [0.717, 1.165) is 24.5 Å². The highest BCUT2D eigenvalue weighted by molar-refractivity contribution is 5.98. The van der Waals surface area contributed by atoms with E-state index in [4.69, 9.17) is 4.74 Å². The molecule has 1 aromatic carbocycles. The topological polar surface area (TPSA) is 32.8 Å². The molecule has 1 fully saturated rings. The van der Waals surface area contributed by atoms with Gasteiger partial charge in [-0.2, -0.15) is 0 Å². The van der Waals surface area contributed by atoms with Crippen LogP contribution in [0.2, 0.25) is 0 Å². The molecule has 2 rings (SSSR count). The second kappa shape index (κ2) is 5.89. The molecule has 1 atom stereocenters. The minimum Gasteiger partial charge on any atom is -0.495 e. The molecule has 0 bridgehead atoms. The maximum Gasteiger partial charge on any atom is 0.244 e. The summed E-state index contributed by atoms with van der Waals surface area (Å²) in [4.78, 5) is 16.4. The summed E-state index contributed by atoms with van der Waals surface area (Å²) < 4.78 is 5.33. The Morgan fingerprint density at radius 1 is 1.42 bits per heavy atom. The Morgan fingerprint density at radius 2 is 2.16 bits per heavy atom. The van der Waals surface area contributed by atoms with Crippen LogP contribution in [0, 0.1) is 0 Å². The smallest absolute Gasteiger partial charge is 0.244 e. The number of nitrogens with zero attached hydrogens (tertiary/aromatic N) is 2. The van der Waals surface area contributed by atoms with Crippen LogP contribution in [0.5, 0.6) is 5.75 Å². The van der Waals surface area contributed by atoms with Gasteiger partial charge in [-0.1, -0.05) is 18.2 Å². The van der Waals surface area contributed by atoms with E-state index in [1.54, 1.807) is 7.11 Å². The molecule has 1 heterocycles. The van der Waals surface area contributed by atoms with E-state index >= 15 is 0 Å². The Labute approximate surface area is 114 Å². The third-order valence-electron chi connectivity index (χ3n) is 3.52. The van der Waals surface area contributed by atoms with E-state index in [1.165, 1.54) is 0 Å². The summed E-state index contributed by atoms with van der Waals surface area (Å²) in [6, 6.07) is 7.50.